The third-order valence-electron chi connectivity index (χ3n) is 0.1000. The Labute approximate surface area is 52.3 Å². The Kier molecular flexibility index (Phi) is 7.61. The Hall–Kier alpha value is -0.210. The molecule has 0 saturated carbocycles. The van der Waals surface area contributed by atoms with E-state index in [1.54, 1.807) is 0 Å². The van der Waals surface area contributed by atoms with Crippen LogP contribution in [0.3, 0.4) is 0 Å². The first kappa shape index (κ1) is 11.6. The fraction of sp³-hybridized carbons (Fsp3) is 1.00. The van der Waals surface area contributed by atoms with Gasteiger partial charge in [-0.15, -0.1) is 0 Å². The summed E-state index contributed by atoms with van der Waals surface area (Å²) < 4.78 is 31.6. The van der Waals surface area contributed by atoms with E-state index < -0.39 is 10.4 Å². The Morgan fingerprint density at radius 2 is 1.11 bits per heavy atom. The highest BCUT2D eigenvalue weighted by Gasteiger charge is 1.84. The van der Waals surface area contributed by atoms with Gasteiger partial charge in [0.15, 0.2) is 0 Å². The van der Waals surface area contributed by atoms with Gasteiger partial charge in [-0.05, 0) is 0 Å². The lowest BCUT2D eigenvalue weighted by Gasteiger charge is -1.70. The van der Waals surface area contributed by atoms with Crippen molar-refractivity contribution < 1.29 is 27.7 Å². The molecule has 58 valence electrons. The summed E-state index contributed by atoms with van der Waals surface area (Å²) in [5, 5.41) is 15.2. The van der Waals surface area contributed by atoms with Crippen LogP contribution >= 0.6 is 0 Å². The van der Waals surface area contributed by atoms with Crippen molar-refractivity contribution in [1.82, 2.24) is 0 Å². The van der Waals surface area contributed by atoms with Gasteiger partial charge in [-0.1, -0.05) is 0 Å². The Balaban J connectivity index is 0. The minimum absolute atomic E-state index is 0.125. The predicted molar refractivity (Wildman–Crippen MR) is 28.3 cm³/mol. The minimum atomic E-state index is -4.67. The van der Waals surface area contributed by atoms with Crippen molar-refractivity contribution in [3.05, 3.63) is 0 Å². The lowest BCUT2D eigenvalue weighted by molar-refractivity contribution is 0.186. The van der Waals surface area contributed by atoms with Crippen molar-refractivity contribution in [2.75, 3.05) is 13.2 Å². The molecular formula is C2H8O6S. The average Bonchev–Trinajstić information content (AvgIpc) is 1.61. The van der Waals surface area contributed by atoms with Crippen LogP contribution in [0.15, 0.2) is 0 Å². The number of hydrogen-bond donors (Lipinski definition) is 4. The minimum Gasteiger partial charge on any atom is -0.394 e. The SMILES string of the molecule is O=S(=O)(O)O.OCCO. The summed E-state index contributed by atoms with van der Waals surface area (Å²) in [4.78, 5) is 0. The third-order valence-corrected chi connectivity index (χ3v) is 0.1000. The van der Waals surface area contributed by atoms with Crippen LogP contribution in [-0.2, 0) is 10.4 Å². The van der Waals surface area contributed by atoms with E-state index >= 15 is 0 Å². The van der Waals surface area contributed by atoms with Crippen molar-refractivity contribution in [3.8, 4) is 0 Å². The van der Waals surface area contributed by atoms with Crippen molar-refractivity contribution in [1.29, 1.82) is 0 Å². The second-order valence-electron chi connectivity index (χ2n) is 0.895. The molecule has 4 N–H and O–H groups in total. The molecule has 0 heterocycles. The molecule has 0 radical (unpaired) electrons. The van der Waals surface area contributed by atoms with E-state index in [-0.39, 0.29) is 13.2 Å². The van der Waals surface area contributed by atoms with E-state index in [9.17, 15) is 0 Å². The number of hydrogen-bond acceptors (Lipinski definition) is 4. The molecule has 0 spiro atoms. The molecule has 0 saturated heterocycles. The summed E-state index contributed by atoms with van der Waals surface area (Å²) in [6.45, 7) is -0.250. The first-order valence-corrected chi connectivity index (χ1v) is 3.23. The van der Waals surface area contributed by atoms with Gasteiger partial charge in [-0.2, -0.15) is 8.42 Å². The molecule has 0 unspecified atom stereocenters. The summed E-state index contributed by atoms with van der Waals surface area (Å²) >= 11 is 0. The standard InChI is InChI=1S/C2H6O2.H2O4S/c3-1-2-4;1-5(2,3)4/h3-4H,1-2H2;(H2,1,2,3,4). The van der Waals surface area contributed by atoms with Crippen molar-refractivity contribution >= 4 is 10.4 Å². The van der Waals surface area contributed by atoms with Crippen LogP contribution in [0.2, 0.25) is 0 Å². The van der Waals surface area contributed by atoms with Crippen molar-refractivity contribution in [2.45, 2.75) is 0 Å². The molecule has 0 aliphatic rings. The third kappa shape index (κ3) is 418. The van der Waals surface area contributed by atoms with Gasteiger partial charge in [0.25, 0.3) is 0 Å². The highest BCUT2D eigenvalue weighted by Crippen LogP contribution is 1.59. The maximum Gasteiger partial charge on any atom is 0.394 e. The second kappa shape index (κ2) is 5.92. The fourth-order valence-corrected chi connectivity index (χ4v) is 0. The number of aliphatic hydroxyl groups excluding tert-OH is 2. The summed E-state index contributed by atoms with van der Waals surface area (Å²) in [6.07, 6.45) is 0. The first-order valence-electron chi connectivity index (χ1n) is 1.83. The highest BCUT2D eigenvalue weighted by molar-refractivity contribution is 7.79. The molecule has 0 bridgehead atoms. The van der Waals surface area contributed by atoms with Crippen LogP contribution in [0.4, 0.5) is 0 Å². The van der Waals surface area contributed by atoms with Crippen LogP contribution in [0, 0.1) is 0 Å². The lowest BCUT2D eigenvalue weighted by Crippen LogP contribution is -1.89. The molecule has 0 aliphatic heterocycles. The molecule has 0 aliphatic carbocycles. The molecule has 0 atom stereocenters. The summed E-state index contributed by atoms with van der Waals surface area (Å²) in [6, 6.07) is 0. The highest BCUT2D eigenvalue weighted by atomic mass is 32.3. The average molecular weight is 160 g/mol. The first-order chi connectivity index (χ1) is 3.91. The van der Waals surface area contributed by atoms with Gasteiger partial charge in [-0.3, -0.25) is 9.11 Å². The van der Waals surface area contributed by atoms with Gasteiger partial charge in [0, 0.05) is 0 Å². The van der Waals surface area contributed by atoms with Gasteiger partial charge < -0.3 is 10.2 Å². The molecule has 0 amide bonds. The molecular weight excluding hydrogens is 152 g/mol. The predicted octanol–water partition coefficient (Wildman–Crippen LogP) is -1.68. The van der Waals surface area contributed by atoms with E-state index in [1.807, 2.05) is 0 Å². The Morgan fingerprint density at radius 1 is 1.00 bits per heavy atom. The summed E-state index contributed by atoms with van der Waals surface area (Å²) in [5.41, 5.74) is 0. The second-order valence-corrected chi connectivity index (χ2v) is 1.79. The van der Waals surface area contributed by atoms with Crippen LogP contribution in [-0.4, -0.2) is 41.0 Å². The van der Waals surface area contributed by atoms with E-state index in [2.05, 4.69) is 0 Å². The quantitative estimate of drug-likeness (QED) is 0.340. The van der Waals surface area contributed by atoms with E-state index in [4.69, 9.17) is 27.7 Å². The smallest absolute Gasteiger partial charge is 0.394 e. The zero-order chi connectivity index (χ0) is 7.91. The van der Waals surface area contributed by atoms with Gasteiger partial charge in [0.1, 0.15) is 0 Å². The molecule has 9 heavy (non-hydrogen) atoms. The van der Waals surface area contributed by atoms with Gasteiger partial charge >= 0.3 is 10.4 Å². The van der Waals surface area contributed by atoms with E-state index in [1.165, 1.54) is 0 Å². The topological polar surface area (TPSA) is 115 Å². The van der Waals surface area contributed by atoms with Gasteiger partial charge in [0.2, 0.25) is 0 Å². The monoisotopic (exact) mass is 160 g/mol. The Bertz CT molecular complexity index is 114. The fourth-order valence-electron chi connectivity index (χ4n) is 0. The largest absolute Gasteiger partial charge is 0.394 e. The Morgan fingerprint density at radius 3 is 1.11 bits per heavy atom. The summed E-state index contributed by atoms with van der Waals surface area (Å²) in [7, 11) is -4.67. The molecule has 0 aromatic rings. The van der Waals surface area contributed by atoms with Crippen LogP contribution in [0.5, 0.6) is 0 Å². The van der Waals surface area contributed by atoms with Crippen molar-refractivity contribution in [3.63, 3.8) is 0 Å². The number of rotatable bonds is 1. The van der Waals surface area contributed by atoms with E-state index in [0.717, 1.165) is 0 Å². The summed E-state index contributed by atoms with van der Waals surface area (Å²) in [5.74, 6) is 0. The van der Waals surface area contributed by atoms with Crippen molar-refractivity contribution in [2.24, 2.45) is 0 Å². The zero-order valence-corrected chi connectivity index (χ0v) is 5.24. The normalized spacial score (nSPS) is 9.78. The molecule has 6 nitrogen and oxygen atoms in total. The maximum atomic E-state index is 8.74. The van der Waals surface area contributed by atoms with E-state index in [0.29, 0.717) is 0 Å². The van der Waals surface area contributed by atoms with Gasteiger partial charge in [-0.25, -0.2) is 0 Å². The zero-order valence-electron chi connectivity index (χ0n) is 4.43. The molecule has 0 aromatic carbocycles. The van der Waals surface area contributed by atoms with Crippen LogP contribution in [0.25, 0.3) is 0 Å². The molecule has 7 heteroatoms. The van der Waals surface area contributed by atoms with Crippen LogP contribution in [0.1, 0.15) is 0 Å². The van der Waals surface area contributed by atoms with Crippen LogP contribution < -0.4 is 0 Å². The molecule has 0 rings (SSSR count). The maximum absolute atomic E-state index is 8.74. The number of aliphatic hydroxyl groups is 2. The van der Waals surface area contributed by atoms with Gasteiger partial charge in [0.05, 0.1) is 13.2 Å². The molecule has 0 aromatic heterocycles. The molecule has 0 fully saturated rings. The lowest BCUT2D eigenvalue weighted by atomic mass is 10.8.